The number of aromatic nitrogens is 1. The van der Waals surface area contributed by atoms with Gasteiger partial charge in [0.2, 0.25) is 0 Å². The molecule has 0 fully saturated rings. The van der Waals surface area contributed by atoms with Crippen LogP contribution in [0.1, 0.15) is 23.7 Å². The van der Waals surface area contributed by atoms with E-state index < -0.39 is 0 Å². The Morgan fingerprint density at radius 2 is 2.08 bits per heavy atom. The summed E-state index contributed by atoms with van der Waals surface area (Å²) in [5.41, 5.74) is 3.48. The highest BCUT2D eigenvalue weighted by atomic mass is 127. The van der Waals surface area contributed by atoms with Gasteiger partial charge in [-0.05, 0) is 37.1 Å². The molecule has 0 saturated heterocycles. The van der Waals surface area contributed by atoms with E-state index in [0.717, 1.165) is 27.8 Å². The van der Waals surface area contributed by atoms with Gasteiger partial charge >= 0.3 is 0 Å². The number of thiazole rings is 1. The van der Waals surface area contributed by atoms with Gasteiger partial charge in [0.25, 0.3) is 0 Å². The number of anilines is 1. The van der Waals surface area contributed by atoms with Crippen LogP contribution in [0.5, 0.6) is 0 Å². The lowest BCUT2D eigenvalue weighted by molar-refractivity contribution is 0.802. The Balaban J connectivity index is 0.00000312. The Kier molecular flexibility index (Phi) is 9.73. The minimum Gasteiger partial charge on any atom is -0.357 e. The van der Waals surface area contributed by atoms with Crippen molar-refractivity contribution in [3.63, 3.8) is 0 Å². The van der Waals surface area contributed by atoms with Crippen molar-refractivity contribution in [3.05, 3.63) is 44.9 Å². The predicted octanol–water partition coefficient (Wildman–Crippen LogP) is 4.15. The smallest absolute Gasteiger partial charge is 0.191 e. The molecule has 2 aromatic rings. The number of aryl methyl sites for hydroxylation is 1. The van der Waals surface area contributed by atoms with E-state index in [9.17, 15) is 0 Å². The lowest BCUT2D eigenvalue weighted by atomic mass is 10.1. The molecule has 1 aromatic carbocycles. The lowest BCUT2D eigenvalue weighted by Crippen LogP contribution is -2.36. The summed E-state index contributed by atoms with van der Waals surface area (Å²) in [7, 11) is 4.00. The fourth-order valence-corrected chi connectivity index (χ4v) is 3.33. The lowest BCUT2D eigenvalue weighted by Gasteiger charge is -2.11. The van der Waals surface area contributed by atoms with Gasteiger partial charge < -0.3 is 15.5 Å². The molecule has 1 heterocycles. The topological polar surface area (TPSA) is 52.6 Å². The van der Waals surface area contributed by atoms with Crippen LogP contribution in [0.15, 0.2) is 33.0 Å². The maximum Gasteiger partial charge on any atom is 0.191 e. The second-order valence-corrected chi connectivity index (χ2v) is 7.39. The van der Waals surface area contributed by atoms with Crippen molar-refractivity contribution in [2.45, 2.75) is 26.9 Å². The van der Waals surface area contributed by atoms with Crippen LogP contribution in [0.2, 0.25) is 0 Å². The first kappa shape index (κ1) is 22.2. The molecule has 8 heteroatoms. The predicted molar refractivity (Wildman–Crippen MR) is 122 cm³/mol. The van der Waals surface area contributed by atoms with E-state index in [1.54, 1.807) is 11.3 Å². The Bertz CT molecular complexity index is 702. The normalized spacial score (nSPS) is 11.0. The molecular formula is C17H25BrIN5S. The molecule has 0 amide bonds. The zero-order valence-corrected chi connectivity index (χ0v) is 19.7. The van der Waals surface area contributed by atoms with E-state index in [0.29, 0.717) is 13.1 Å². The van der Waals surface area contributed by atoms with Crippen molar-refractivity contribution in [1.82, 2.24) is 15.6 Å². The van der Waals surface area contributed by atoms with Crippen molar-refractivity contribution < 1.29 is 0 Å². The number of guanidine groups is 1. The Morgan fingerprint density at radius 3 is 2.68 bits per heavy atom. The fraction of sp³-hybridized carbons (Fsp3) is 0.412. The molecule has 0 spiro atoms. The Labute approximate surface area is 179 Å². The van der Waals surface area contributed by atoms with Crippen molar-refractivity contribution >= 4 is 62.3 Å². The molecule has 0 atom stereocenters. The SMILES string of the molecule is CCNC(=NCc1ccc(Br)cc1C)NCc1csc(N(C)C)n1.I. The van der Waals surface area contributed by atoms with Gasteiger partial charge in [-0.25, -0.2) is 9.98 Å². The van der Waals surface area contributed by atoms with E-state index in [2.05, 4.69) is 74.0 Å². The third kappa shape index (κ3) is 7.10. The molecule has 5 nitrogen and oxygen atoms in total. The maximum absolute atomic E-state index is 4.68. The van der Waals surface area contributed by atoms with Gasteiger partial charge in [0.15, 0.2) is 11.1 Å². The van der Waals surface area contributed by atoms with E-state index in [1.807, 2.05) is 19.0 Å². The first-order chi connectivity index (χ1) is 11.5. The Hall–Kier alpha value is -0.870. The zero-order chi connectivity index (χ0) is 17.5. The molecule has 0 saturated carbocycles. The number of halogens is 2. The minimum atomic E-state index is 0. The summed E-state index contributed by atoms with van der Waals surface area (Å²) < 4.78 is 1.10. The van der Waals surface area contributed by atoms with Gasteiger partial charge in [0, 0.05) is 30.5 Å². The summed E-state index contributed by atoms with van der Waals surface area (Å²) in [5.74, 6) is 0.805. The maximum atomic E-state index is 4.68. The number of hydrogen-bond acceptors (Lipinski definition) is 4. The number of nitrogens with one attached hydrogen (secondary N) is 2. The summed E-state index contributed by atoms with van der Waals surface area (Å²) in [6, 6.07) is 6.27. The van der Waals surface area contributed by atoms with Gasteiger partial charge in [0.1, 0.15) is 0 Å². The number of nitrogens with zero attached hydrogens (tertiary/aromatic N) is 3. The van der Waals surface area contributed by atoms with Crippen LogP contribution in [0, 0.1) is 6.92 Å². The molecule has 0 bridgehead atoms. The van der Waals surface area contributed by atoms with Crippen molar-refractivity contribution in [1.29, 1.82) is 0 Å². The second-order valence-electron chi connectivity index (χ2n) is 5.64. The van der Waals surface area contributed by atoms with Crippen LogP contribution in [-0.2, 0) is 13.1 Å². The molecule has 0 unspecified atom stereocenters. The van der Waals surface area contributed by atoms with Crippen molar-refractivity contribution in [2.24, 2.45) is 4.99 Å². The molecule has 0 aliphatic carbocycles. The standard InChI is InChI=1S/C17H24BrN5S.HI/c1-5-19-16(20-9-13-6-7-14(18)8-12(13)2)21-10-15-11-24-17(22-15)23(3)4;/h6-8,11H,5,9-10H2,1-4H3,(H2,19,20,21);1H. The monoisotopic (exact) mass is 537 g/mol. The van der Waals surface area contributed by atoms with Gasteiger partial charge in [0.05, 0.1) is 18.8 Å². The van der Waals surface area contributed by atoms with Crippen LogP contribution in [0.25, 0.3) is 0 Å². The van der Waals surface area contributed by atoms with Crippen molar-refractivity contribution in [2.75, 3.05) is 25.5 Å². The van der Waals surface area contributed by atoms with Crippen LogP contribution < -0.4 is 15.5 Å². The van der Waals surface area contributed by atoms with Crippen molar-refractivity contribution in [3.8, 4) is 0 Å². The molecule has 0 aliphatic heterocycles. The summed E-state index contributed by atoms with van der Waals surface area (Å²) in [5, 5.41) is 9.71. The first-order valence-corrected chi connectivity index (χ1v) is 9.55. The average Bonchev–Trinajstić information content (AvgIpc) is 3.00. The molecule has 2 rings (SSSR count). The third-order valence-corrected chi connectivity index (χ3v) is 4.97. The second kappa shape index (κ2) is 11.0. The van der Waals surface area contributed by atoms with Gasteiger partial charge in [-0.1, -0.05) is 22.0 Å². The van der Waals surface area contributed by atoms with Gasteiger partial charge in [-0.3, -0.25) is 0 Å². The Morgan fingerprint density at radius 1 is 1.32 bits per heavy atom. The van der Waals surface area contributed by atoms with E-state index in [1.165, 1.54) is 11.1 Å². The van der Waals surface area contributed by atoms with Gasteiger partial charge in [-0.2, -0.15) is 0 Å². The molecule has 25 heavy (non-hydrogen) atoms. The molecular weight excluding hydrogens is 513 g/mol. The summed E-state index contributed by atoms with van der Waals surface area (Å²) in [6.07, 6.45) is 0. The number of rotatable bonds is 6. The molecule has 1 aromatic heterocycles. The highest BCUT2D eigenvalue weighted by Gasteiger charge is 2.05. The summed E-state index contributed by atoms with van der Waals surface area (Å²) in [6.45, 7) is 6.30. The molecule has 0 aliphatic rings. The largest absolute Gasteiger partial charge is 0.357 e. The number of hydrogen-bond donors (Lipinski definition) is 2. The quantitative estimate of drug-likeness (QED) is 0.330. The highest BCUT2D eigenvalue weighted by Crippen LogP contribution is 2.18. The average molecular weight is 538 g/mol. The summed E-state index contributed by atoms with van der Waals surface area (Å²) in [4.78, 5) is 11.3. The number of benzene rings is 1. The molecule has 138 valence electrons. The molecule has 2 N–H and O–H groups in total. The summed E-state index contributed by atoms with van der Waals surface area (Å²) >= 11 is 5.14. The van der Waals surface area contributed by atoms with E-state index in [-0.39, 0.29) is 24.0 Å². The van der Waals surface area contributed by atoms with Crippen LogP contribution in [0.3, 0.4) is 0 Å². The molecule has 0 radical (unpaired) electrons. The number of aliphatic imine (C=N–C) groups is 1. The third-order valence-electron chi connectivity index (χ3n) is 3.42. The van der Waals surface area contributed by atoms with Crippen LogP contribution in [0.4, 0.5) is 5.13 Å². The van der Waals surface area contributed by atoms with E-state index >= 15 is 0 Å². The zero-order valence-electron chi connectivity index (χ0n) is 15.0. The highest BCUT2D eigenvalue weighted by molar-refractivity contribution is 14.0. The minimum absolute atomic E-state index is 0. The van der Waals surface area contributed by atoms with Gasteiger partial charge in [-0.15, -0.1) is 35.3 Å². The fourth-order valence-electron chi connectivity index (χ4n) is 2.10. The first-order valence-electron chi connectivity index (χ1n) is 7.88. The van der Waals surface area contributed by atoms with E-state index in [4.69, 9.17) is 0 Å². The van der Waals surface area contributed by atoms with Crippen LogP contribution >= 0.6 is 51.2 Å². The van der Waals surface area contributed by atoms with Crippen LogP contribution in [-0.4, -0.2) is 31.6 Å².